The molecule has 156 valence electrons. The average molecular weight is 425 g/mol. The second-order valence-electron chi connectivity index (χ2n) is 7.20. The molecule has 4 aromatic rings. The molecule has 0 bridgehead atoms. The number of nitrogens with one attached hydrogen (secondary N) is 2. The first-order valence-electron chi connectivity index (χ1n) is 9.58. The number of ether oxygens (including phenoxy) is 1. The number of para-hydroxylation sites is 1. The van der Waals surface area contributed by atoms with Gasteiger partial charge in [-0.15, -0.1) is 0 Å². The van der Waals surface area contributed by atoms with Gasteiger partial charge in [-0.05, 0) is 36.2 Å². The molecule has 1 unspecified atom stereocenters. The Bertz CT molecular complexity index is 1250. The number of H-pyrrole nitrogens is 1. The lowest BCUT2D eigenvalue weighted by atomic mass is 9.91. The summed E-state index contributed by atoms with van der Waals surface area (Å²) in [6, 6.07) is 15.7. The van der Waals surface area contributed by atoms with E-state index >= 15 is 0 Å². The summed E-state index contributed by atoms with van der Waals surface area (Å²) in [7, 11) is -0.348. The van der Waals surface area contributed by atoms with E-state index in [0.29, 0.717) is 5.82 Å². The zero-order valence-electron chi connectivity index (χ0n) is 17.1. The van der Waals surface area contributed by atoms with Gasteiger partial charge in [-0.3, -0.25) is 0 Å². The van der Waals surface area contributed by atoms with Gasteiger partial charge in [0.2, 0.25) is 0 Å². The van der Waals surface area contributed by atoms with Crippen molar-refractivity contribution in [3.63, 3.8) is 0 Å². The quantitative estimate of drug-likeness (QED) is 0.476. The molecular formula is C22H24N4O3S. The van der Waals surface area contributed by atoms with Gasteiger partial charge in [-0.1, -0.05) is 30.3 Å². The summed E-state index contributed by atoms with van der Waals surface area (Å²) in [4.78, 5) is 7.44. The molecule has 8 heteroatoms. The number of rotatable bonds is 7. The molecule has 2 heterocycles. The number of imidazole rings is 1. The lowest BCUT2D eigenvalue weighted by molar-refractivity contribution is 0.414. The van der Waals surface area contributed by atoms with E-state index in [9.17, 15) is 8.42 Å². The highest BCUT2D eigenvalue weighted by Gasteiger charge is 2.24. The molecule has 0 spiro atoms. The van der Waals surface area contributed by atoms with E-state index in [1.165, 1.54) is 6.20 Å². The Morgan fingerprint density at radius 2 is 1.90 bits per heavy atom. The zero-order valence-corrected chi connectivity index (χ0v) is 17.9. The summed E-state index contributed by atoms with van der Waals surface area (Å²) in [6.45, 7) is 1.97. The lowest BCUT2D eigenvalue weighted by Gasteiger charge is -2.18. The molecule has 0 aliphatic carbocycles. The van der Waals surface area contributed by atoms with Crippen LogP contribution in [0.2, 0.25) is 0 Å². The van der Waals surface area contributed by atoms with E-state index in [2.05, 4.69) is 14.7 Å². The number of sulfonamides is 1. The number of aromatic nitrogens is 3. The van der Waals surface area contributed by atoms with E-state index in [0.717, 1.165) is 27.8 Å². The van der Waals surface area contributed by atoms with Crippen LogP contribution in [0.15, 0.2) is 66.0 Å². The summed E-state index contributed by atoms with van der Waals surface area (Å²) in [5, 5.41) is 1.08. The van der Waals surface area contributed by atoms with Gasteiger partial charge in [0.05, 0.1) is 7.11 Å². The normalized spacial score (nSPS) is 12.9. The number of hydrogen-bond acceptors (Lipinski definition) is 4. The second kappa shape index (κ2) is 7.97. The standard InChI is InChI=1S/C22H24N4O3S/c1-15-25-22(14-26(15)2)30(27,28)24-13-19(16-8-10-17(29-3)11-9-16)20-12-23-21-7-5-4-6-18(20)21/h4-12,14,19,23-24H,13H2,1-3H3. The molecule has 0 radical (unpaired) electrons. The molecule has 0 saturated heterocycles. The number of fused-ring (bicyclic) bond motifs is 1. The topological polar surface area (TPSA) is 89.0 Å². The minimum Gasteiger partial charge on any atom is -0.497 e. The summed E-state index contributed by atoms with van der Waals surface area (Å²) in [6.07, 6.45) is 3.46. The van der Waals surface area contributed by atoms with Gasteiger partial charge < -0.3 is 14.3 Å². The molecule has 0 aliphatic rings. The molecule has 2 aromatic heterocycles. The molecule has 2 N–H and O–H groups in total. The van der Waals surface area contributed by atoms with Crippen LogP contribution in [0, 0.1) is 6.92 Å². The third-order valence-corrected chi connectivity index (χ3v) is 6.65. The fourth-order valence-corrected chi connectivity index (χ4v) is 4.63. The summed E-state index contributed by atoms with van der Waals surface area (Å²) >= 11 is 0. The third kappa shape index (κ3) is 3.83. The molecule has 1 atom stereocenters. The Kier molecular flexibility index (Phi) is 5.36. The van der Waals surface area contributed by atoms with E-state index < -0.39 is 10.0 Å². The van der Waals surface area contributed by atoms with Crippen LogP contribution in [-0.4, -0.2) is 36.6 Å². The Hall–Kier alpha value is -3.10. The van der Waals surface area contributed by atoms with Gasteiger partial charge in [-0.25, -0.2) is 18.1 Å². The highest BCUT2D eigenvalue weighted by Crippen LogP contribution is 2.31. The summed E-state index contributed by atoms with van der Waals surface area (Å²) in [5.41, 5.74) is 3.02. The van der Waals surface area contributed by atoms with Crippen molar-refractivity contribution in [2.75, 3.05) is 13.7 Å². The zero-order chi connectivity index (χ0) is 21.3. The van der Waals surface area contributed by atoms with E-state index in [-0.39, 0.29) is 17.5 Å². The molecule has 0 saturated carbocycles. The fraction of sp³-hybridized carbons (Fsp3) is 0.227. The van der Waals surface area contributed by atoms with Gasteiger partial charge >= 0.3 is 0 Å². The summed E-state index contributed by atoms with van der Waals surface area (Å²) in [5.74, 6) is 1.20. The molecule has 2 aromatic carbocycles. The van der Waals surface area contributed by atoms with Crippen molar-refractivity contribution >= 4 is 20.9 Å². The largest absolute Gasteiger partial charge is 0.497 e. The van der Waals surface area contributed by atoms with Crippen LogP contribution < -0.4 is 9.46 Å². The predicted octanol–water partition coefficient (Wildman–Crippen LogP) is 3.33. The molecular weight excluding hydrogens is 400 g/mol. The van der Waals surface area contributed by atoms with Crippen molar-refractivity contribution in [2.45, 2.75) is 17.9 Å². The Balaban J connectivity index is 1.70. The van der Waals surface area contributed by atoms with Crippen LogP contribution in [0.5, 0.6) is 5.75 Å². The highest BCUT2D eigenvalue weighted by atomic mass is 32.2. The van der Waals surface area contributed by atoms with Crippen LogP contribution in [0.1, 0.15) is 22.9 Å². The van der Waals surface area contributed by atoms with Gasteiger partial charge in [0, 0.05) is 42.8 Å². The van der Waals surface area contributed by atoms with Crippen molar-refractivity contribution < 1.29 is 13.2 Å². The predicted molar refractivity (Wildman–Crippen MR) is 116 cm³/mol. The van der Waals surface area contributed by atoms with Crippen molar-refractivity contribution in [1.29, 1.82) is 0 Å². The van der Waals surface area contributed by atoms with Crippen molar-refractivity contribution in [3.8, 4) is 5.75 Å². The smallest absolute Gasteiger partial charge is 0.259 e. The maximum absolute atomic E-state index is 12.9. The van der Waals surface area contributed by atoms with Crippen molar-refractivity contribution in [1.82, 2.24) is 19.3 Å². The van der Waals surface area contributed by atoms with Crippen molar-refractivity contribution in [3.05, 3.63) is 77.9 Å². The molecule has 4 rings (SSSR count). The summed E-state index contributed by atoms with van der Waals surface area (Å²) < 4.78 is 35.4. The minimum atomic E-state index is -3.74. The number of aromatic amines is 1. The first-order chi connectivity index (χ1) is 14.4. The first-order valence-corrected chi connectivity index (χ1v) is 11.1. The Labute approximate surface area is 175 Å². The molecule has 0 fully saturated rings. The van der Waals surface area contributed by atoms with E-state index in [1.807, 2.05) is 54.7 Å². The van der Waals surface area contributed by atoms with E-state index in [1.54, 1.807) is 25.6 Å². The SMILES string of the molecule is COc1ccc(C(CNS(=O)(=O)c2cn(C)c(C)n2)c2c[nH]c3ccccc23)cc1. The van der Waals surface area contributed by atoms with Crippen molar-refractivity contribution in [2.24, 2.45) is 7.05 Å². The Morgan fingerprint density at radius 3 is 2.57 bits per heavy atom. The highest BCUT2D eigenvalue weighted by molar-refractivity contribution is 7.89. The Morgan fingerprint density at radius 1 is 1.17 bits per heavy atom. The maximum Gasteiger partial charge on any atom is 0.259 e. The third-order valence-electron chi connectivity index (χ3n) is 5.35. The number of aryl methyl sites for hydroxylation is 2. The number of benzene rings is 2. The second-order valence-corrected chi connectivity index (χ2v) is 8.92. The van der Waals surface area contributed by atoms with Gasteiger partial charge in [0.1, 0.15) is 11.6 Å². The monoisotopic (exact) mass is 424 g/mol. The molecule has 0 amide bonds. The van der Waals surface area contributed by atoms with Gasteiger partial charge in [0.25, 0.3) is 10.0 Å². The first kappa shape index (κ1) is 20.2. The van der Waals surface area contributed by atoms with E-state index in [4.69, 9.17) is 4.74 Å². The fourth-order valence-electron chi connectivity index (χ4n) is 3.55. The van der Waals surface area contributed by atoms with Crippen LogP contribution >= 0.6 is 0 Å². The van der Waals surface area contributed by atoms with Crippen LogP contribution in [-0.2, 0) is 17.1 Å². The number of nitrogens with zero attached hydrogens (tertiary/aromatic N) is 2. The minimum absolute atomic E-state index is 0.0231. The lowest BCUT2D eigenvalue weighted by Crippen LogP contribution is -2.29. The van der Waals surface area contributed by atoms with Crippen LogP contribution in [0.3, 0.4) is 0 Å². The number of methoxy groups -OCH3 is 1. The average Bonchev–Trinajstić information content (AvgIpc) is 3.33. The number of hydrogen-bond donors (Lipinski definition) is 2. The van der Waals surface area contributed by atoms with Gasteiger partial charge in [-0.2, -0.15) is 0 Å². The molecule has 0 aliphatic heterocycles. The molecule has 30 heavy (non-hydrogen) atoms. The van der Waals surface area contributed by atoms with Crippen LogP contribution in [0.4, 0.5) is 0 Å². The van der Waals surface area contributed by atoms with Gasteiger partial charge in [0.15, 0.2) is 5.03 Å². The molecule has 7 nitrogen and oxygen atoms in total. The maximum atomic E-state index is 12.9. The van der Waals surface area contributed by atoms with Crippen LogP contribution in [0.25, 0.3) is 10.9 Å².